The van der Waals surface area contributed by atoms with Gasteiger partial charge >= 0.3 is 5.97 Å². The van der Waals surface area contributed by atoms with Crippen LogP contribution in [0.5, 0.6) is 0 Å². The highest BCUT2D eigenvalue weighted by Gasteiger charge is 2.30. The van der Waals surface area contributed by atoms with Crippen molar-refractivity contribution < 1.29 is 22.7 Å². The number of esters is 1. The van der Waals surface area contributed by atoms with E-state index in [9.17, 15) is 18.0 Å². The number of anilines is 1. The maximum atomic E-state index is 13.5. The van der Waals surface area contributed by atoms with Gasteiger partial charge in [0, 0.05) is 25.5 Å². The summed E-state index contributed by atoms with van der Waals surface area (Å²) in [6.07, 6.45) is 0. The lowest BCUT2D eigenvalue weighted by atomic mass is 10.1. The zero-order valence-electron chi connectivity index (χ0n) is 17.4. The number of carbonyl (C=O) groups is 2. The SMILES string of the molecule is CC(C)(C)OC(=O)CN(c1ccc2scc(C(N)=O)c2c1)S(=O)(=O)c1cc(Cl)cc(Cl)c1. The molecule has 0 radical (unpaired) electrons. The Morgan fingerprint density at radius 1 is 1.09 bits per heavy atom. The Morgan fingerprint density at radius 3 is 2.28 bits per heavy atom. The van der Waals surface area contributed by atoms with Crippen LogP contribution in [0, 0.1) is 0 Å². The van der Waals surface area contributed by atoms with Gasteiger partial charge in [-0.1, -0.05) is 23.2 Å². The Labute approximate surface area is 199 Å². The second kappa shape index (κ2) is 8.90. The fraction of sp³-hybridized carbons (Fsp3) is 0.238. The number of carbonyl (C=O) groups excluding carboxylic acids is 2. The van der Waals surface area contributed by atoms with Gasteiger partial charge in [0.25, 0.3) is 10.0 Å². The number of sulfonamides is 1. The van der Waals surface area contributed by atoms with Crippen molar-refractivity contribution in [2.24, 2.45) is 5.73 Å². The molecule has 0 bridgehead atoms. The smallest absolute Gasteiger partial charge is 0.327 e. The van der Waals surface area contributed by atoms with Gasteiger partial charge in [0.15, 0.2) is 0 Å². The number of nitrogens with zero attached hydrogens (tertiary/aromatic N) is 1. The molecular formula is C21H20Cl2N2O5S2. The van der Waals surface area contributed by atoms with Crippen LogP contribution in [0.4, 0.5) is 5.69 Å². The fourth-order valence-electron chi connectivity index (χ4n) is 2.97. The number of ether oxygens (including phenoxy) is 1. The molecule has 32 heavy (non-hydrogen) atoms. The summed E-state index contributed by atoms with van der Waals surface area (Å²) in [4.78, 5) is 24.2. The zero-order chi connectivity index (χ0) is 23.8. The summed E-state index contributed by atoms with van der Waals surface area (Å²) in [6.45, 7) is 4.43. The predicted molar refractivity (Wildman–Crippen MR) is 127 cm³/mol. The first kappa shape index (κ1) is 24.3. The molecule has 2 N–H and O–H groups in total. The molecule has 1 heterocycles. The minimum Gasteiger partial charge on any atom is -0.459 e. The summed E-state index contributed by atoms with van der Waals surface area (Å²) in [7, 11) is -4.28. The number of hydrogen-bond acceptors (Lipinski definition) is 6. The van der Waals surface area contributed by atoms with Crippen LogP contribution >= 0.6 is 34.5 Å². The lowest BCUT2D eigenvalue weighted by Crippen LogP contribution is -2.39. The van der Waals surface area contributed by atoms with Crippen molar-refractivity contribution in [2.75, 3.05) is 10.8 Å². The Balaban J connectivity index is 2.16. The third-order valence-electron chi connectivity index (χ3n) is 4.23. The van der Waals surface area contributed by atoms with E-state index in [-0.39, 0.29) is 26.2 Å². The number of halogens is 2. The molecule has 1 aromatic heterocycles. The molecule has 0 aliphatic carbocycles. The van der Waals surface area contributed by atoms with Crippen LogP contribution in [-0.2, 0) is 19.6 Å². The molecule has 0 saturated heterocycles. The van der Waals surface area contributed by atoms with E-state index in [1.807, 2.05) is 0 Å². The number of rotatable bonds is 6. The van der Waals surface area contributed by atoms with Crippen molar-refractivity contribution in [1.29, 1.82) is 0 Å². The topological polar surface area (TPSA) is 107 Å². The second-order valence-corrected chi connectivity index (χ2v) is 11.5. The standard InChI is InChI=1S/C21H20Cl2N2O5S2/c1-21(2,3)30-19(26)10-25(32(28,29)15-7-12(22)6-13(23)8-15)14-4-5-18-16(9-14)17(11-31-18)20(24)27/h4-9,11H,10H2,1-3H3,(H2,24,27). The third kappa shape index (κ3) is 5.35. The van der Waals surface area contributed by atoms with Crippen LogP contribution in [0.2, 0.25) is 10.0 Å². The Kier molecular flexibility index (Phi) is 6.76. The van der Waals surface area contributed by atoms with E-state index >= 15 is 0 Å². The predicted octanol–water partition coefficient (Wildman–Crippen LogP) is 4.84. The van der Waals surface area contributed by atoms with Gasteiger partial charge in [0.05, 0.1) is 16.1 Å². The zero-order valence-corrected chi connectivity index (χ0v) is 20.5. The highest BCUT2D eigenvalue weighted by atomic mass is 35.5. The van der Waals surface area contributed by atoms with Gasteiger partial charge in [0.1, 0.15) is 12.1 Å². The lowest BCUT2D eigenvalue weighted by Gasteiger charge is -2.26. The molecule has 0 saturated carbocycles. The number of primary amides is 1. The van der Waals surface area contributed by atoms with E-state index in [4.69, 9.17) is 33.7 Å². The number of nitrogens with two attached hydrogens (primary N) is 1. The first-order valence-corrected chi connectivity index (χ1v) is 12.4. The molecule has 170 valence electrons. The van der Waals surface area contributed by atoms with Crippen molar-refractivity contribution >= 4 is 72.2 Å². The fourth-order valence-corrected chi connectivity index (χ4v) is 6.03. The molecule has 0 aliphatic rings. The summed E-state index contributed by atoms with van der Waals surface area (Å²) < 4.78 is 34.1. The van der Waals surface area contributed by atoms with Crippen molar-refractivity contribution in [3.63, 3.8) is 0 Å². The van der Waals surface area contributed by atoms with Crippen LogP contribution in [0.15, 0.2) is 46.7 Å². The monoisotopic (exact) mass is 514 g/mol. The molecule has 0 spiro atoms. The molecule has 0 fully saturated rings. The number of fused-ring (bicyclic) bond motifs is 1. The van der Waals surface area contributed by atoms with E-state index in [0.717, 1.165) is 9.01 Å². The van der Waals surface area contributed by atoms with E-state index in [2.05, 4.69) is 0 Å². The van der Waals surface area contributed by atoms with Crippen molar-refractivity contribution in [1.82, 2.24) is 0 Å². The highest BCUT2D eigenvalue weighted by molar-refractivity contribution is 7.92. The molecule has 0 atom stereocenters. The normalized spacial score (nSPS) is 12.0. The average molecular weight is 515 g/mol. The number of thiophene rings is 1. The van der Waals surface area contributed by atoms with Gasteiger partial charge < -0.3 is 10.5 Å². The molecule has 2 aromatic carbocycles. The quantitative estimate of drug-likeness (QED) is 0.473. The summed E-state index contributed by atoms with van der Waals surface area (Å²) in [5.74, 6) is -1.40. The van der Waals surface area contributed by atoms with Gasteiger partial charge in [-0.05, 0) is 57.2 Å². The lowest BCUT2D eigenvalue weighted by molar-refractivity contribution is -0.152. The van der Waals surface area contributed by atoms with E-state index in [0.29, 0.717) is 5.39 Å². The van der Waals surface area contributed by atoms with Gasteiger partial charge in [0.2, 0.25) is 5.91 Å². The van der Waals surface area contributed by atoms with Crippen molar-refractivity contribution in [2.45, 2.75) is 31.3 Å². The van der Waals surface area contributed by atoms with E-state index in [1.54, 1.807) is 32.2 Å². The molecule has 11 heteroatoms. The molecule has 3 rings (SSSR count). The first-order chi connectivity index (χ1) is 14.8. The second-order valence-electron chi connectivity index (χ2n) is 7.90. The highest BCUT2D eigenvalue weighted by Crippen LogP contribution is 2.33. The van der Waals surface area contributed by atoms with Gasteiger partial charge in [-0.3, -0.25) is 13.9 Å². The minimum atomic E-state index is -4.28. The largest absolute Gasteiger partial charge is 0.459 e. The van der Waals surface area contributed by atoms with Crippen LogP contribution in [0.3, 0.4) is 0 Å². The third-order valence-corrected chi connectivity index (χ3v) is 7.38. The number of amides is 1. The van der Waals surface area contributed by atoms with Gasteiger partial charge in [-0.2, -0.15) is 0 Å². The first-order valence-electron chi connectivity index (χ1n) is 9.30. The van der Waals surface area contributed by atoms with Gasteiger partial charge in [-0.25, -0.2) is 8.42 Å². The van der Waals surface area contributed by atoms with Crippen molar-refractivity contribution in [3.05, 3.63) is 57.4 Å². The van der Waals surface area contributed by atoms with Crippen molar-refractivity contribution in [3.8, 4) is 0 Å². The van der Waals surface area contributed by atoms with E-state index < -0.39 is 34.0 Å². The molecule has 0 unspecified atom stereocenters. The maximum Gasteiger partial charge on any atom is 0.327 e. The summed E-state index contributed by atoms with van der Waals surface area (Å²) >= 11 is 13.3. The molecule has 3 aromatic rings. The average Bonchev–Trinajstić information content (AvgIpc) is 3.07. The van der Waals surface area contributed by atoms with Crippen LogP contribution in [0.25, 0.3) is 10.1 Å². The molecule has 0 aliphatic heterocycles. The Bertz CT molecular complexity index is 1290. The van der Waals surface area contributed by atoms with Crippen LogP contribution < -0.4 is 10.0 Å². The summed E-state index contributed by atoms with van der Waals surface area (Å²) in [6, 6.07) is 8.57. The number of hydrogen-bond donors (Lipinski definition) is 1. The molecule has 7 nitrogen and oxygen atoms in total. The maximum absolute atomic E-state index is 13.5. The van der Waals surface area contributed by atoms with Crippen LogP contribution in [0.1, 0.15) is 31.1 Å². The van der Waals surface area contributed by atoms with Crippen LogP contribution in [-0.4, -0.2) is 32.4 Å². The summed E-state index contributed by atoms with van der Waals surface area (Å²) in [5.41, 5.74) is 5.04. The van der Waals surface area contributed by atoms with E-state index in [1.165, 1.54) is 41.7 Å². The molecule has 1 amide bonds. The molecular weight excluding hydrogens is 495 g/mol. The summed E-state index contributed by atoms with van der Waals surface area (Å²) in [5, 5.41) is 2.32. The minimum absolute atomic E-state index is 0.123. The number of benzene rings is 2. The Morgan fingerprint density at radius 2 is 1.72 bits per heavy atom. The van der Waals surface area contributed by atoms with Gasteiger partial charge in [-0.15, -0.1) is 11.3 Å². The Hall–Kier alpha value is -2.33.